The molecule has 0 aromatic carbocycles. The Morgan fingerprint density at radius 1 is 1.22 bits per heavy atom. The Morgan fingerprint density at radius 3 is 2.35 bits per heavy atom. The van der Waals surface area contributed by atoms with Crippen LogP contribution in [0.25, 0.3) is 0 Å². The van der Waals surface area contributed by atoms with Crippen LogP contribution in [0.2, 0.25) is 0 Å². The van der Waals surface area contributed by atoms with E-state index in [9.17, 15) is 18.3 Å². The van der Waals surface area contributed by atoms with Crippen molar-refractivity contribution in [2.45, 2.75) is 63.3 Å². The summed E-state index contributed by atoms with van der Waals surface area (Å²) in [4.78, 5) is 14.1. The Kier molecular flexibility index (Phi) is 6.45. The van der Waals surface area contributed by atoms with Crippen LogP contribution in [0, 0.1) is 5.92 Å². The van der Waals surface area contributed by atoms with Gasteiger partial charge in [0.2, 0.25) is 5.91 Å². The molecule has 1 saturated carbocycles. The lowest BCUT2D eigenvalue weighted by Gasteiger charge is -2.33. The minimum Gasteiger partial charge on any atom is -0.383 e. The van der Waals surface area contributed by atoms with Crippen molar-refractivity contribution in [3.8, 4) is 0 Å². The number of nitrogens with one attached hydrogen (secondary N) is 1. The monoisotopic (exact) mass is 346 g/mol. The molecule has 1 atom stereocenters. The van der Waals surface area contributed by atoms with Crippen LogP contribution in [0.5, 0.6) is 0 Å². The molecule has 1 aliphatic carbocycles. The fraction of sp³-hybridized carbons (Fsp3) is 0.938. The molecule has 23 heavy (non-hydrogen) atoms. The quantitative estimate of drug-likeness (QED) is 0.670. The van der Waals surface area contributed by atoms with Gasteiger partial charge in [0.05, 0.1) is 11.0 Å². The van der Waals surface area contributed by atoms with Gasteiger partial charge >= 0.3 is 0 Å². The second-order valence-electron chi connectivity index (χ2n) is 7.18. The summed E-state index contributed by atoms with van der Waals surface area (Å²) in [5, 5.41) is 12.7. The topological polar surface area (TPSA) is 86.7 Å². The molecule has 0 bridgehead atoms. The normalized spacial score (nSPS) is 22.3. The van der Waals surface area contributed by atoms with Crippen LogP contribution in [-0.4, -0.2) is 67.1 Å². The molecule has 2 rings (SSSR count). The van der Waals surface area contributed by atoms with Gasteiger partial charge in [-0.15, -0.1) is 0 Å². The third-order valence-electron chi connectivity index (χ3n) is 4.89. The highest BCUT2D eigenvalue weighted by molar-refractivity contribution is 7.91. The number of piperidine rings is 1. The lowest BCUT2D eigenvalue weighted by molar-refractivity contribution is -0.133. The van der Waals surface area contributed by atoms with Gasteiger partial charge in [-0.25, -0.2) is 8.42 Å². The van der Waals surface area contributed by atoms with Gasteiger partial charge in [0, 0.05) is 6.04 Å². The van der Waals surface area contributed by atoms with Crippen LogP contribution < -0.4 is 5.32 Å². The molecule has 1 saturated heterocycles. The second kappa shape index (κ2) is 7.94. The number of likely N-dealkylation sites (tertiary alicyclic amines) is 1. The first-order valence-electron chi connectivity index (χ1n) is 8.72. The molecule has 2 N–H and O–H groups in total. The van der Waals surface area contributed by atoms with E-state index in [1.807, 2.05) is 0 Å². The smallest absolute Gasteiger partial charge is 0.249 e. The number of hydrogen-bond acceptors (Lipinski definition) is 5. The first-order valence-corrected chi connectivity index (χ1v) is 10.4. The standard InChI is InChI=1S/C16H30N2O4S/c1-12(2)23(21,22)11-3-8-18-9-6-13(7-10-18)15(19)16(20)17-14-4-5-14/h12-15,19H,3-11H2,1-2H3,(H,17,20)/t15-/m1/s1. The Morgan fingerprint density at radius 2 is 1.83 bits per heavy atom. The van der Waals surface area contributed by atoms with Crippen molar-refractivity contribution in [3.63, 3.8) is 0 Å². The van der Waals surface area contributed by atoms with E-state index in [4.69, 9.17) is 0 Å². The highest BCUT2D eigenvalue weighted by atomic mass is 32.2. The molecule has 2 fully saturated rings. The van der Waals surface area contributed by atoms with Crippen molar-refractivity contribution in [2.75, 3.05) is 25.4 Å². The van der Waals surface area contributed by atoms with E-state index in [1.54, 1.807) is 13.8 Å². The third kappa shape index (κ3) is 5.72. The van der Waals surface area contributed by atoms with Crippen LogP contribution in [0.1, 0.15) is 46.0 Å². The molecule has 2 aliphatic rings. The molecule has 7 heteroatoms. The lowest BCUT2D eigenvalue weighted by Crippen LogP contribution is -2.45. The molecule has 134 valence electrons. The molecular weight excluding hydrogens is 316 g/mol. The van der Waals surface area contributed by atoms with Gasteiger partial charge in [-0.3, -0.25) is 4.79 Å². The second-order valence-corrected chi connectivity index (χ2v) is 9.85. The van der Waals surface area contributed by atoms with Crippen molar-refractivity contribution in [3.05, 3.63) is 0 Å². The summed E-state index contributed by atoms with van der Waals surface area (Å²) in [6.45, 7) is 5.84. The molecule has 1 heterocycles. The molecule has 1 aliphatic heterocycles. The predicted molar refractivity (Wildman–Crippen MR) is 89.9 cm³/mol. The summed E-state index contributed by atoms with van der Waals surface area (Å²) >= 11 is 0. The van der Waals surface area contributed by atoms with Crippen LogP contribution in [-0.2, 0) is 14.6 Å². The van der Waals surface area contributed by atoms with Crippen LogP contribution in [0.15, 0.2) is 0 Å². The number of carbonyl (C=O) groups excluding carboxylic acids is 1. The summed E-state index contributed by atoms with van der Waals surface area (Å²) in [6.07, 6.45) is 3.37. The number of aliphatic hydroxyl groups is 1. The zero-order valence-electron chi connectivity index (χ0n) is 14.2. The number of amides is 1. The van der Waals surface area contributed by atoms with Gasteiger partial charge in [-0.2, -0.15) is 0 Å². The minimum atomic E-state index is -2.96. The summed E-state index contributed by atoms with van der Waals surface area (Å²) in [5.74, 6) is 0.0233. The Labute approximate surface area is 139 Å². The van der Waals surface area contributed by atoms with Crippen LogP contribution in [0.4, 0.5) is 0 Å². The van der Waals surface area contributed by atoms with Crippen molar-refractivity contribution in [1.82, 2.24) is 10.2 Å². The van der Waals surface area contributed by atoms with Crippen LogP contribution >= 0.6 is 0 Å². The fourth-order valence-electron chi connectivity index (χ4n) is 2.95. The minimum absolute atomic E-state index is 0.0180. The van der Waals surface area contributed by atoms with E-state index in [0.717, 1.165) is 45.3 Å². The number of nitrogens with zero attached hydrogens (tertiary/aromatic N) is 1. The van der Waals surface area contributed by atoms with Crippen molar-refractivity contribution in [2.24, 2.45) is 5.92 Å². The lowest BCUT2D eigenvalue weighted by atomic mass is 9.90. The molecule has 0 aromatic heterocycles. The number of carbonyl (C=O) groups is 1. The highest BCUT2D eigenvalue weighted by Gasteiger charge is 2.32. The molecular formula is C16H30N2O4S. The maximum absolute atomic E-state index is 11.9. The molecule has 6 nitrogen and oxygen atoms in total. The number of sulfone groups is 1. The van der Waals surface area contributed by atoms with Crippen molar-refractivity contribution >= 4 is 15.7 Å². The summed E-state index contributed by atoms with van der Waals surface area (Å²) < 4.78 is 23.6. The van der Waals surface area contributed by atoms with E-state index >= 15 is 0 Å². The fourth-order valence-corrected chi connectivity index (χ4v) is 3.95. The van der Waals surface area contributed by atoms with E-state index in [0.29, 0.717) is 6.42 Å². The average Bonchev–Trinajstić information content (AvgIpc) is 3.31. The zero-order valence-corrected chi connectivity index (χ0v) is 15.0. The van der Waals surface area contributed by atoms with Gasteiger partial charge in [0.1, 0.15) is 6.10 Å². The van der Waals surface area contributed by atoms with Gasteiger partial charge in [-0.1, -0.05) is 0 Å². The van der Waals surface area contributed by atoms with Gasteiger partial charge in [0.25, 0.3) is 0 Å². The Bertz CT molecular complexity index is 494. The zero-order chi connectivity index (χ0) is 17.0. The Hall–Kier alpha value is -0.660. The SMILES string of the molecule is CC(C)S(=O)(=O)CCCN1CCC([C@@H](O)C(=O)NC2CC2)CC1. The van der Waals surface area contributed by atoms with E-state index in [1.165, 1.54) is 0 Å². The Balaban J connectivity index is 1.66. The first kappa shape index (κ1) is 18.7. The van der Waals surface area contributed by atoms with Gasteiger partial charge in [-0.05, 0) is 71.5 Å². The van der Waals surface area contributed by atoms with E-state index in [2.05, 4.69) is 10.2 Å². The predicted octanol–water partition coefficient (Wildman–Crippen LogP) is 0.551. The number of rotatable bonds is 8. The summed E-state index contributed by atoms with van der Waals surface area (Å²) in [5.41, 5.74) is 0. The third-order valence-corrected chi connectivity index (χ3v) is 7.19. The molecule has 0 unspecified atom stereocenters. The molecule has 0 radical (unpaired) electrons. The molecule has 0 spiro atoms. The maximum atomic E-state index is 11.9. The van der Waals surface area contributed by atoms with E-state index < -0.39 is 15.9 Å². The maximum Gasteiger partial charge on any atom is 0.249 e. The van der Waals surface area contributed by atoms with Gasteiger partial charge < -0.3 is 15.3 Å². The largest absolute Gasteiger partial charge is 0.383 e. The number of hydrogen-bond donors (Lipinski definition) is 2. The highest BCUT2D eigenvalue weighted by Crippen LogP contribution is 2.23. The van der Waals surface area contributed by atoms with Crippen molar-refractivity contribution < 1.29 is 18.3 Å². The van der Waals surface area contributed by atoms with Gasteiger partial charge in [0.15, 0.2) is 9.84 Å². The average molecular weight is 346 g/mol. The molecule has 1 amide bonds. The van der Waals surface area contributed by atoms with Crippen molar-refractivity contribution in [1.29, 1.82) is 0 Å². The van der Waals surface area contributed by atoms with E-state index in [-0.39, 0.29) is 28.9 Å². The molecule has 0 aromatic rings. The van der Waals surface area contributed by atoms with Crippen LogP contribution in [0.3, 0.4) is 0 Å². The first-order chi connectivity index (χ1) is 10.8. The summed E-state index contributed by atoms with van der Waals surface area (Å²) in [6, 6.07) is 0.278. The summed E-state index contributed by atoms with van der Waals surface area (Å²) in [7, 11) is -2.96. The number of aliphatic hydroxyl groups excluding tert-OH is 1.